The van der Waals surface area contributed by atoms with Gasteiger partial charge in [0.2, 0.25) is 5.95 Å². The van der Waals surface area contributed by atoms with Gasteiger partial charge in [0, 0.05) is 23.7 Å². The van der Waals surface area contributed by atoms with Crippen molar-refractivity contribution in [3.63, 3.8) is 0 Å². The minimum atomic E-state index is -0.822. The Kier molecular flexibility index (Phi) is 4.05. The molecule has 2 fully saturated rings. The molecular weight excluding hydrogens is 395 g/mol. The highest BCUT2D eigenvalue weighted by molar-refractivity contribution is 6.16. The molecule has 0 bridgehead atoms. The Labute approximate surface area is 177 Å². The molecule has 0 amide bonds. The molecule has 2 aliphatic rings. The van der Waals surface area contributed by atoms with Gasteiger partial charge < -0.3 is 10.3 Å². The largest absolute Gasteiger partial charge is 0.345 e. The van der Waals surface area contributed by atoms with E-state index in [-0.39, 0.29) is 5.56 Å². The van der Waals surface area contributed by atoms with Crippen LogP contribution in [0, 0.1) is 5.95 Å². The summed E-state index contributed by atoms with van der Waals surface area (Å²) in [5.74, 6) is -0.0322. The first-order chi connectivity index (χ1) is 15.2. The summed E-state index contributed by atoms with van der Waals surface area (Å²) in [6.45, 7) is 0. The summed E-state index contributed by atoms with van der Waals surface area (Å²) in [7, 11) is 0. The number of carbonyl (C=O) groups excluding carboxylic acids is 1. The number of fused-ring (bicyclic) bond motifs is 1. The van der Waals surface area contributed by atoms with Crippen molar-refractivity contribution >= 4 is 28.3 Å². The fourth-order valence-electron chi connectivity index (χ4n) is 3.90. The predicted octanol–water partition coefficient (Wildman–Crippen LogP) is 4.62. The molecule has 154 valence electrons. The Balaban J connectivity index is 1.28. The second kappa shape index (κ2) is 6.94. The first kappa shape index (κ1) is 18.1. The summed E-state index contributed by atoms with van der Waals surface area (Å²) in [4.78, 5) is 33.1. The van der Waals surface area contributed by atoms with Crippen LogP contribution < -0.4 is 5.32 Å². The quantitative estimate of drug-likeness (QED) is 0.353. The highest BCUT2D eigenvalue weighted by Crippen LogP contribution is 2.42. The number of aromatic amines is 1. The van der Waals surface area contributed by atoms with Gasteiger partial charge in [-0.05, 0) is 49.9 Å². The average Bonchev–Trinajstić information content (AvgIpc) is 3.70. The van der Waals surface area contributed by atoms with Crippen LogP contribution in [0.4, 0.5) is 15.9 Å². The van der Waals surface area contributed by atoms with Gasteiger partial charge in [0.25, 0.3) is 0 Å². The summed E-state index contributed by atoms with van der Waals surface area (Å²) in [5.41, 5.74) is 3.53. The molecule has 4 aromatic rings. The van der Waals surface area contributed by atoms with Crippen molar-refractivity contribution in [1.29, 1.82) is 0 Å². The highest BCUT2D eigenvalue weighted by Gasteiger charge is 2.30. The second-order valence-electron chi connectivity index (χ2n) is 8.19. The average molecular weight is 414 g/mol. The molecule has 0 atom stereocenters. The smallest absolute Gasteiger partial charge is 0.226 e. The zero-order valence-electron chi connectivity index (χ0n) is 16.6. The van der Waals surface area contributed by atoms with E-state index in [0.717, 1.165) is 29.9 Å². The Morgan fingerprint density at radius 1 is 1.00 bits per heavy atom. The molecule has 0 spiro atoms. The molecule has 2 saturated carbocycles. The zero-order chi connectivity index (χ0) is 20.9. The normalized spacial score (nSPS) is 15.9. The zero-order valence-corrected chi connectivity index (χ0v) is 16.6. The van der Waals surface area contributed by atoms with Crippen LogP contribution in [0.1, 0.15) is 64.8 Å². The minimum absolute atomic E-state index is 0.0840. The first-order valence-electron chi connectivity index (χ1n) is 10.4. The number of halogens is 1. The Hall–Kier alpha value is -3.68. The Morgan fingerprint density at radius 2 is 1.84 bits per heavy atom. The molecule has 8 heteroatoms. The van der Waals surface area contributed by atoms with E-state index in [1.807, 2.05) is 12.1 Å². The number of ketones is 1. The fraction of sp³-hybridized carbons (Fsp3) is 0.261. The minimum Gasteiger partial charge on any atom is -0.345 e. The molecule has 7 nitrogen and oxygen atoms in total. The monoisotopic (exact) mass is 414 g/mol. The van der Waals surface area contributed by atoms with Crippen molar-refractivity contribution in [1.82, 2.24) is 24.9 Å². The van der Waals surface area contributed by atoms with Crippen molar-refractivity contribution in [3.8, 4) is 0 Å². The molecule has 0 aromatic carbocycles. The first-order valence-corrected chi connectivity index (χ1v) is 10.4. The molecule has 0 saturated heterocycles. The molecular formula is C23H19FN6O. The van der Waals surface area contributed by atoms with E-state index in [1.54, 1.807) is 18.5 Å². The molecule has 2 aliphatic carbocycles. The third-order valence-corrected chi connectivity index (χ3v) is 5.86. The molecule has 4 aromatic heterocycles. The lowest BCUT2D eigenvalue weighted by Gasteiger charge is -2.08. The van der Waals surface area contributed by atoms with Crippen LogP contribution in [0.2, 0.25) is 0 Å². The predicted molar refractivity (Wildman–Crippen MR) is 113 cm³/mol. The van der Waals surface area contributed by atoms with Crippen molar-refractivity contribution < 1.29 is 9.18 Å². The fourth-order valence-corrected chi connectivity index (χ4v) is 3.90. The SMILES string of the molecule is O=C(c1ccc(Nc2ccc(C3CC3)nc2)nc1F)c1c[nH]c2ncnc(C3CC3)c12. The number of carbonyl (C=O) groups is 1. The van der Waals surface area contributed by atoms with Crippen molar-refractivity contribution in [2.45, 2.75) is 37.5 Å². The number of hydrogen-bond donors (Lipinski definition) is 2. The van der Waals surface area contributed by atoms with E-state index in [9.17, 15) is 9.18 Å². The number of aromatic nitrogens is 5. The van der Waals surface area contributed by atoms with E-state index in [0.29, 0.717) is 34.3 Å². The Bertz CT molecular complexity index is 1310. The summed E-state index contributed by atoms with van der Waals surface area (Å²) in [5, 5.41) is 3.72. The van der Waals surface area contributed by atoms with Gasteiger partial charge in [-0.15, -0.1) is 0 Å². The van der Waals surface area contributed by atoms with Gasteiger partial charge in [-0.2, -0.15) is 4.39 Å². The number of pyridine rings is 2. The topological polar surface area (TPSA) is 96.5 Å². The lowest BCUT2D eigenvalue weighted by Crippen LogP contribution is -2.08. The second-order valence-corrected chi connectivity index (χ2v) is 8.19. The number of rotatable bonds is 6. The number of H-pyrrole nitrogens is 1. The standard InChI is InChI=1S/C23H19FN6O/c24-22-15(6-8-18(30-22)29-14-5-7-17(25-9-14)12-1-2-12)21(31)16-10-26-23-19(16)20(13-3-4-13)27-11-28-23/h5-13H,1-4H2,(H,29,30)(H,26,27,28). The summed E-state index contributed by atoms with van der Waals surface area (Å²) >= 11 is 0. The molecule has 6 rings (SSSR count). The van der Waals surface area contributed by atoms with Gasteiger partial charge in [0.05, 0.1) is 34.1 Å². The molecule has 0 unspecified atom stereocenters. The van der Waals surface area contributed by atoms with Gasteiger partial charge in [0.15, 0.2) is 5.78 Å². The van der Waals surface area contributed by atoms with Crippen LogP contribution in [0.25, 0.3) is 11.0 Å². The van der Waals surface area contributed by atoms with E-state index < -0.39 is 11.7 Å². The van der Waals surface area contributed by atoms with E-state index in [1.165, 1.54) is 25.2 Å². The van der Waals surface area contributed by atoms with Crippen LogP contribution in [-0.2, 0) is 0 Å². The number of hydrogen-bond acceptors (Lipinski definition) is 6. The molecule has 4 heterocycles. The Morgan fingerprint density at radius 3 is 2.55 bits per heavy atom. The summed E-state index contributed by atoms with van der Waals surface area (Å²) in [6, 6.07) is 6.94. The van der Waals surface area contributed by atoms with Crippen LogP contribution in [0.15, 0.2) is 43.0 Å². The molecule has 0 aliphatic heterocycles. The van der Waals surface area contributed by atoms with Crippen LogP contribution in [0.3, 0.4) is 0 Å². The molecule has 0 radical (unpaired) electrons. The van der Waals surface area contributed by atoms with Crippen LogP contribution >= 0.6 is 0 Å². The summed E-state index contributed by atoms with van der Waals surface area (Å²) < 4.78 is 14.8. The lowest BCUT2D eigenvalue weighted by atomic mass is 10.0. The van der Waals surface area contributed by atoms with Gasteiger partial charge in [-0.1, -0.05) is 0 Å². The van der Waals surface area contributed by atoms with Crippen molar-refractivity contribution in [2.24, 2.45) is 0 Å². The highest BCUT2D eigenvalue weighted by atomic mass is 19.1. The van der Waals surface area contributed by atoms with Gasteiger partial charge >= 0.3 is 0 Å². The van der Waals surface area contributed by atoms with Gasteiger partial charge in [-0.3, -0.25) is 9.78 Å². The molecule has 2 N–H and O–H groups in total. The maximum atomic E-state index is 14.8. The number of anilines is 2. The van der Waals surface area contributed by atoms with E-state index in [4.69, 9.17) is 0 Å². The maximum absolute atomic E-state index is 14.8. The van der Waals surface area contributed by atoms with Gasteiger partial charge in [0.1, 0.15) is 17.8 Å². The van der Waals surface area contributed by atoms with Gasteiger partial charge in [-0.25, -0.2) is 15.0 Å². The molecule has 31 heavy (non-hydrogen) atoms. The third kappa shape index (κ3) is 3.34. The van der Waals surface area contributed by atoms with Crippen molar-refractivity contribution in [2.75, 3.05) is 5.32 Å². The van der Waals surface area contributed by atoms with E-state index >= 15 is 0 Å². The van der Waals surface area contributed by atoms with Crippen LogP contribution in [0.5, 0.6) is 0 Å². The van der Waals surface area contributed by atoms with Crippen LogP contribution in [-0.4, -0.2) is 30.7 Å². The van der Waals surface area contributed by atoms with Crippen molar-refractivity contribution in [3.05, 3.63) is 71.4 Å². The maximum Gasteiger partial charge on any atom is 0.226 e. The lowest BCUT2D eigenvalue weighted by molar-refractivity contribution is 0.103. The summed E-state index contributed by atoms with van der Waals surface area (Å²) in [6.07, 6.45) is 9.24. The van der Waals surface area contributed by atoms with E-state index in [2.05, 4.69) is 30.2 Å². The third-order valence-electron chi connectivity index (χ3n) is 5.86. The number of nitrogens with one attached hydrogen (secondary N) is 2. The number of nitrogens with zero attached hydrogens (tertiary/aromatic N) is 4.